The minimum Gasteiger partial charge on any atom is -0.326 e. The van der Waals surface area contributed by atoms with Gasteiger partial charge in [-0.25, -0.2) is 17.2 Å². The lowest BCUT2D eigenvalue weighted by molar-refractivity contribution is -0.121. The summed E-state index contributed by atoms with van der Waals surface area (Å²) in [5, 5.41) is 4.97. The number of piperidine rings is 1. The molecule has 176 valence electrons. The minimum absolute atomic E-state index is 0.00331. The predicted molar refractivity (Wildman–Crippen MR) is 119 cm³/mol. The maximum Gasteiger partial charge on any atom is 0.243 e. The molecule has 2 fully saturated rings. The molecule has 0 aromatic heterocycles. The molecule has 7 nitrogen and oxygen atoms in total. The summed E-state index contributed by atoms with van der Waals surface area (Å²) in [5.74, 6) is -2.39. The zero-order valence-electron chi connectivity index (χ0n) is 17.5. The molecule has 1 saturated carbocycles. The number of carbonyl (C=O) groups excluding carboxylic acids is 2. The van der Waals surface area contributed by atoms with Gasteiger partial charge in [-0.2, -0.15) is 4.31 Å². The zero-order valence-corrected chi connectivity index (χ0v) is 19.1. The largest absolute Gasteiger partial charge is 0.326 e. The van der Waals surface area contributed by atoms with Crippen LogP contribution in [-0.2, 0) is 19.6 Å². The summed E-state index contributed by atoms with van der Waals surface area (Å²) in [6.45, 7) is 0.225. The topological polar surface area (TPSA) is 95.6 Å². The molecule has 0 atom stereocenters. The van der Waals surface area contributed by atoms with E-state index in [1.807, 2.05) is 0 Å². The lowest BCUT2D eigenvalue weighted by atomic mass is 9.97. The highest BCUT2D eigenvalue weighted by Crippen LogP contribution is 2.31. The molecule has 1 aliphatic heterocycles. The van der Waals surface area contributed by atoms with Crippen LogP contribution in [0.25, 0.3) is 0 Å². The number of benzene rings is 2. The highest BCUT2D eigenvalue weighted by Gasteiger charge is 2.33. The number of nitrogens with zero attached hydrogens (tertiary/aromatic N) is 1. The van der Waals surface area contributed by atoms with Gasteiger partial charge in [0.2, 0.25) is 21.8 Å². The summed E-state index contributed by atoms with van der Waals surface area (Å²) < 4.78 is 54.2. The van der Waals surface area contributed by atoms with Crippen molar-refractivity contribution in [2.45, 2.75) is 30.6 Å². The van der Waals surface area contributed by atoms with E-state index in [-0.39, 0.29) is 59.3 Å². The molecule has 33 heavy (non-hydrogen) atoms. The van der Waals surface area contributed by atoms with Gasteiger partial charge in [0.1, 0.15) is 11.6 Å². The second-order valence-corrected chi connectivity index (χ2v) is 10.5. The van der Waals surface area contributed by atoms with Crippen molar-refractivity contribution < 1.29 is 26.8 Å². The van der Waals surface area contributed by atoms with Crippen LogP contribution in [0.2, 0.25) is 5.02 Å². The van der Waals surface area contributed by atoms with Crippen LogP contribution in [0.5, 0.6) is 0 Å². The fourth-order valence-electron chi connectivity index (χ4n) is 3.67. The average molecular weight is 498 g/mol. The third kappa shape index (κ3) is 5.34. The van der Waals surface area contributed by atoms with Gasteiger partial charge in [-0.3, -0.25) is 9.59 Å². The Morgan fingerprint density at radius 1 is 0.879 bits per heavy atom. The van der Waals surface area contributed by atoms with Crippen LogP contribution >= 0.6 is 11.6 Å². The molecular weight excluding hydrogens is 476 g/mol. The fourth-order valence-corrected chi connectivity index (χ4v) is 5.41. The Labute approximate surface area is 195 Å². The minimum atomic E-state index is -3.86. The van der Waals surface area contributed by atoms with Gasteiger partial charge >= 0.3 is 0 Å². The number of sulfonamides is 1. The molecule has 0 unspecified atom stereocenters. The molecule has 0 bridgehead atoms. The third-order valence-corrected chi connectivity index (χ3v) is 7.98. The Morgan fingerprint density at radius 2 is 1.48 bits per heavy atom. The molecule has 2 N–H and O–H groups in total. The van der Waals surface area contributed by atoms with E-state index >= 15 is 0 Å². The molecule has 2 aliphatic rings. The van der Waals surface area contributed by atoms with Crippen molar-refractivity contribution in [1.82, 2.24) is 4.31 Å². The second kappa shape index (κ2) is 9.36. The van der Waals surface area contributed by atoms with Crippen LogP contribution < -0.4 is 10.6 Å². The quantitative estimate of drug-likeness (QED) is 0.630. The molecular formula is C22H22ClF2N3O4S. The highest BCUT2D eigenvalue weighted by molar-refractivity contribution is 7.89. The Balaban J connectivity index is 1.36. The number of amides is 2. The van der Waals surface area contributed by atoms with E-state index in [2.05, 4.69) is 10.6 Å². The molecule has 11 heteroatoms. The molecule has 1 saturated heterocycles. The Hall–Kier alpha value is -2.56. The molecule has 1 heterocycles. The van der Waals surface area contributed by atoms with Crippen LogP contribution in [0, 0.1) is 23.5 Å². The first-order chi connectivity index (χ1) is 15.6. The van der Waals surface area contributed by atoms with Crippen LogP contribution in [0.3, 0.4) is 0 Å². The number of hydrogen-bond donors (Lipinski definition) is 2. The molecule has 2 amide bonds. The predicted octanol–water partition coefficient (Wildman–Crippen LogP) is 4.01. The number of halogens is 3. The first-order valence-electron chi connectivity index (χ1n) is 10.5. The number of nitrogens with one attached hydrogen (secondary N) is 2. The molecule has 0 radical (unpaired) electrons. The number of hydrogen-bond acceptors (Lipinski definition) is 4. The van der Waals surface area contributed by atoms with Gasteiger partial charge in [0.05, 0.1) is 15.6 Å². The highest BCUT2D eigenvalue weighted by atomic mass is 35.5. The first-order valence-corrected chi connectivity index (χ1v) is 12.3. The Morgan fingerprint density at radius 3 is 2.12 bits per heavy atom. The molecule has 2 aromatic rings. The van der Waals surface area contributed by atoms with Crippen molar-refractivity contribution in [1.29, 1.82) is 0 Å². The van der Waals surface area contributed by atoms with Crippen molar-refractivity contribution in [2.75, 3.05) is 23.7 Å². The summed E-state index contributed by atoms with van der Waals surface area (Å²) in [4.78, 5) is 24.5. The molecule has 2 aromatic carbocycles. The number of carbonyl (C=O) groups is 2. The van der Waals surface area contributed by atoms with E-state index in [1.54, 1.807) is 0 Å². The van der Waals surface area contributed by atoms with E-state index in [4.69, 9.17) is 11.6 Å². The maximum absolute atomic E-state index is 14.0. The van der Waals surface area contributed by atoms with Crippen molar-refractivity contribution in [3.8, 4) is 0 Å². The van der Waals surface area contributed by atoms with Crippen molar-refractivity contribution in [3.63, 3.8) is 0 Å². The summed E-state index contributed by atoms with van der Waals surface area (Å²) in [7, 11) is -3.86. The van der Waals surface area contributed by atoms with Crippen LogP contribution in [-0.4, -0.2) is 37.6 Å². The van der Waals surface area contributed by atoms with E-state index in [0.717, 1.165) is 31.0 Å². The van der Waals surface area contributed by atoms with E-state index < -0.39 is 27.6 Å². The Bertz CT molecular complexity index is 1200. The maximum atomic E-state index is 14.0. The van der Waals surface area contributed by atoms with Crippen molar-refractivity contribution >= 4 is 44.8 Å². The smallest absolute Gasteiger partial charge is 0.243 e. The van der Waals surface area contributed by atoms with Gasteiger partial charge < -0.3 is 10.6 Å². The molecule has 0 spiro atoms. The molecule has 1 aliphatic carbocycles. The van der Waals surface area contributed by atoms with Gasteiger partial charge in [0.25, 0.3) is 0 Å². The second-order valence-electron chi connectivity index (χ2n) is 8.20. The van der Waals surface area contributed by atoms with Gasteiger partial charge in [0, 0.05) is 30.6 Å². The monoisotopic (exact) mass is 497 g/mol. The molecule has 4 rings (SSSR count). The van der Waals surface area contributed by atoms with Gasteiger partial charge in [-0.1, -0.05) is 11.6 Å². The van der Waals surface area contributed by atoms with Crippen LogP contribution in [0.1, 0.15) is 25.7 Å². The van der Waals surface area contributed by atoms with Crippen LogP contribution in [0.15, 0.2) is 41.3 Å². The van der Waals surface area contributed by atoms with E-state index in [0.29, 0.717) is 5.69 Å². The lowest BCUT2D eigenvalue weighted by Crippen LogP contribution is -2.41. The number of anilines is 2. The lowest BCUT2D eigenvalue weighted by Gasteiger charge is -2.30. The third-order valence-electron chi connectivity index (χ3n) is 5.79. The zero-order chi connectivity index (χ0) is 23.8. The normalized spacial score (nSPS) is 17.5. The summed E-state index contributed by atoms with van der Waals surface area (Å²) in [5.41, 5.74) is 0.340. The van der Waals surface area contributed by atoms with Crippen molar-refractivity contribution in [3.05, 3.63) is 53.1 Å². The Kier molecular flexibility index (Phi) is 6.69. The SMILES string of the molecule is O=C(Nc1ccc(F)c(NC(=O)C2CC2)c1)C1CCN(S(=O)(=O)c2ccc(F)c(Cl)c2)CC1. The summed E-state index contributed by atoms with van der Waals surface area (Å²) >= 11 is 5.71. The fraction of sp³-hybridized carbons (Fsp3) is 0.364. The average Bonchev–Trinajstić information content (AvgIpc) is 3.63. The first kappa shape index (κ1) is 23.6. The number of rotatable bonds is 6. The standard InChI is InChI=1S/C22H22ClF2N3O4S/c23-17-12-16(4-6-18(17)24)33(31,32)28-9-7-14(8-10-28)21(29)26-15-3-5-19(25)20(11-15)27-22(30)13-1-2-13/h3-6,11-14H,1-2,7-10H2,(H,26,29)(H,27,30). The van der Waals surface area contributed by atoms with Gasteiger partial charge in [0.15, 0.2) is 0 Å². The van der Waals surface area contributed by atoms with Gasteiger partial charge in [-0.05, 0) is 62.1 Å². The van der Waals surface area contributed by atoms with Crippen molar-refractivity contribution in [2.24, 2.45) is 11.8 Å². The summed E-state index contributed by atoms with van der Waals surface area (Å²) in [6.07, 6.45) is 2.14. The van der Waals surface area contributed by atoms with Gasteiger partial charge in [-0.15, -0.1) is 0 Å². The summed E-state index contributed by atoms with van der Waals surface area (Å²) in [6, 6.07) is 7.16. The van der Waals surface area contributed by atoms with E-state index in [1.165, 1.54) is 22.5 Å². The van der Waals surface area contributed by atoms with E-state index in [9.17, 15) is 26.8 Å². The van der Waals surface area contributed by atoms with Crippen LogP contribution in [0.4, 0.5) is 20.2 Å².